The standard InChI is InChI=1S/C11H18N4O.2ClH/c16-11(4-9-15-8-1-5-13-15)14-10-2-6-12-7-3-10;;/h1,5,8,10,12H,2-4,6-7,9H2,(H,14,16);2*1H. The summed E-state index contributed by atoms with van der Waals surface area (Å²) in [5.74, 6) is 0.127. The second-order valence-corrected chi connectivity index (χ2v) is 4.11. The second-order valence-electron chi connectivity index (χ2n) is 4.11. The average Bonchev–Trinajstić information content (AvgIpc) is 2.81. The number of carbonyl (C=O) groups excluding carboxylic acids is 1. The number of halogens is 2. The zero-order chi connectivity index (χ0) is 11.2. The average molecular weight is 295 g/mol. The molecule has 1 saturated heterocycles. The highest BCUT2D eigenvalue weighted by molar-refractivity contribution is 5.85. The van der Waals surface area contributed by atoms with E-state index in [1.165, 1.54) is 0 Å². The van der Waals surface area contributed by atoms with Gasteiger partial charge in [-0.15, -0.1) is 24.8 Å². The first-order valence-electron chi connectivity index (χ1n) is 5.82. The van der Waals surface area contributed by atoms with Gasteiger partial charge in [0.25, 0.3) is 0 Å². The van der Waals surface area contributed by atoms with Crippen LogP contribution in [0, 0.1) is 0 Å². The summed E-state index contributed by atoms with van der Waals surface area (Å²) in [6.07, 6.45) is 6.18. The second kappa shape index (κ2) is 9.19. The van der Waals surface area contributed by atoms with Crippen LogP contribution in [0.1, 0.15) is 19.3 Å². The minimum Gasteiger partial charge on any atom is -0.353 e. The Morgan fingerprint density at radius 1 is 1.39 bits per heavy atom. The fourth-order valence-electron chi connectivity index (χ4n) is 1.91. The Morgan fingerprint density at radius 3 is 2.72 bits per heavy atom. The molecule has 7 heteroatoms. The van der Waals surface area contributed by atoms with E-state index in [-0.39, 0.29) is 30.7 Å². The zero-order valence-electron chi connectivity index (χ0n) is 10.2. The summed E-state index contributed by atoms with van der Waals surface area (Å²) in [6.45, 7) is 2.66. The monoisotopic (exact) mass is 294 g/mol. The largest absolute Gasteiger partial charge is 0.353 e. The predicted octanol–water partition coefficient (Wildman–Crippen LogP) is 0.985. The van der Waals surface area contributed by atoms with E-state index in [0.717, 1.165) is 25.9 Å². The Hall–Kier alpha value is -0.780. The van der Waals surface area contributed by atoms with Crippen molar-refractivity contribution < 1.29 is 4.79 Å². The number of amides is 1. The third-order valence-electron chi connectivity index (χ3n) is 2.83. The van der Waals surface area contributed by atoms with Gasteiger partial charge >= 0.3 is 0 Å². The van der Waals surface area contributed by atoms with Crippen molar-refractivity contribution >= 4 is 30.7 Å². The normalized spacial score (nSPS) is 15.3. The van der Waals surface area contributed by atoms with E-state index in [9.17, 15) is 4.79 Å². The molecule has 1 amide bonds. The molecule has 1 fully saturated rings. The van der Waals surface area contributed by atoms with Crippen LogP contribution in [-0.4, -0.2) is 34.8 Å². The molecule has 0 radical (unpaired) electrons. The van der Waals surface area contributed by atoms with Crippen LogP contribution in [0.15, 0.2) is 18.5 Å². The van der Waals surface area contributed by atoms with Gasteiger partial charge in [-0.05, 0) is 32.0 Å². The molecule has 5 nitrogen and oxygen atoms in total. The summed E-state index contributed by atoms with van der Waals surface area (Å²) in [6, 6.07) is 2.22. The topological polar surface area (TPSA) is 59.0 Å². The number of hydrogen-bond donors (Lipinski definition) is 2. The van der Waals surface area contributed by atoms with Crippen LogP contribution in [0.5, 0.6) is 0 Å². The fraction of sp³-hybridized carbons (Fsp3) is 0.636. The molecule has 0 unspecified atom stereocenters. The van der Waals surface area contributed by atoms with Gasteiger partial charge < -0.3 is 10.6 Å². The number of carbonyl (C=O) groups is 1. The molecule has 2 heterocycles. The minimum absolute atomic E-state index is 0. The molecular weight excluding hydrogens is 275 g/mol. The van der Waals surface area contributed by atoms with Crippen LogP contribution in [0.4, 0.5) is 0 Å². The first-order valence-corrected chi connectivity index (χ1v) is 5.82. The maximum absolute atomic E-state index is 11.6. The van der Waals surface area contributed by atoms with Gasteiger partial charge in [0.15, 0.2) is 0 Å². The SMILES string of the molecule is Cl.Cl.O=C(CCn1cccn1)NC1CCNCC1. The molecule has 0 atom stereocenters. The molecule has 0 spiro atoms. The summed E-state index contributed by atoms with van der Waals surface area (Å²) in [5.41, 5.74) is 0. The lowest BCUT2D eigenvalue weighted by atomic mass is 10.1. The van der Waals surface area contributed by atoms with Crippen LogP contribution >= 0.6 is 24.8 Å². The first-order chi connectivity index (χ1) is 7.84. The van der Waals surface area contributed by atoms with E-state index in [1.54, 1.807) is 10.9 Å². The molecule has 1 aliphatic rings. The highest BCUT2D eigenvalue weighted by Gasteiger charge is 2.14. The Labute approximate surface area is 120 Å². The Morgan fingerprint density at radius 2 is 2.11 bits per heavy atom. The van der Waals surface area contributed by atoms with E-state index >= 15 is 0 Å². The number of nitrogens with zero attached hydrogens (tertiary/aromatic N) is 2. The van der Waals surface area contributed by atoms with E-state index in [1.807, 2.05) is 12.3 Å². The van der Waals surface area contributed by atoms with Crippen molar-refractivity contribution in [3.05, 3.63) is 18.5 Å². The molecular formula is C11H20Cl2N4O. The van der Waals surface area contributed by atoms with Gasteiger partial charge in [-0.25, -0.2) is 0 Å². The van der Waals surface area contributed by atoms with Gasteiger partial charge in [0.05, 0.1) is 0 Å². The summed E-state index contributed by atoms with van der Waals surface area (Å²) < 4.78 is 1.78. The Bertz CT molecular complexity index is 326. The lowest BCUT2D eigenvalue weighted by Gasteiger charge is -2.23. The van der Waals surface area contributed by atoms with Crippen LogP contribution in [-0.2, 0) is 11.3 Å². The molecule has 1 aromatic rings. The number of aryl methyl sites for hydroxylation is 1. The molecule has 2 N–H and O–H groups in total. The van der Waals surface area contributed by atoms with Crippen molar-refractivity contribution in [2.75, 3.05) is 13.1 Å². The third-order valence-corrected chi connectivity index (χ3v) is 2.83. The molecule has 0 bridgehead atoms. The molecule has 18 heavy (non-hydrogen) atoms. The molecule has 1 aliphatic heterocycles. The Kier molecular flexibility index (Phi) is 8.79. The molecule has 104 valence electrons. The van der Waals surface area contributed by atoms with Gasteiger partial charge in [-0.3, -0.25) is 9.48 Å². The quantitative estimate of drug-likeness (QED) is 0.871. The highest BCUT2D eigenvalue weighted by Crippen LogP contribution is 2.02. The summed E-state index contributed by atoms with van der Waals surface area (Å²) >= 11 is 0. The van der Waals surface area contributed by atoms with Gasteiger partial charge in [0.2, 0.25) is 5.91 Å². The van der Waals surface area contributed by atoms with E-state index in [2.05, 4.69) is 15.7 Å². The molecule has 0 aromatic carbocycles. The van der Waals surface area contributed by atoms with Gasteiger partial charge in [-0.1, -0.05) is 0 Å². The van der Waals surface area contributed by atoms with Crippen molar-refractivity contribution in [3.8, 4) is 0 Å². The lowest BCUT2D eigenvalue weighted by Crippen LogP contribution is -2.42. The summed E-state index contributed by atoms with van der Waals surface area (Å²) in [5, 5.41) is 10.4. The number of aromatic nitrogens is 2. The number of rotatable bonds is 4. The fourth-order valence-corrected chi connectivity index (χ4v) is 1.91. The molecule has 2 rings (SSSR count). The molecule has 0 aliphatic carbocycles. The minimum atomic E-state index is 0. The van der Waals surface area contributed by atoms with Crippen LogP contribution in [0.25, 0.3) is 0 Å². The van der Waals surface area contributed by atoms with Crippen molar-refractivity contribution in [3.63, 3.8) is 0 Å². The van der Waals surface area contributed by atoms with Crippen molar-refractivity contribution in [2.45, 2.75) is 31.8 Å². The van der Waals surface area contributed by atoms with Crippen LogP contribution < -0.4 is 10.6 Å². The summed E-state index contributed by atoms with van der Waals surface area (Å²) in [4.78, 5) is 11.6. The van der Waals surface area contributed by atoms with E-state index < -0.39 is 0 Å². The predicted molar refractivity (Wildman–Crippen MR) is 75.4 cm³/mol. The van der Waals surface area contributed by atoms with E-state index in [4.69, 9.17) is 0 Å². The Balaban J connectivity index is 0.00000144. The molecule has 0 saturated carbocycles. The zero-order valence-corrected chi connectivity index (χ0v) is 11.8. The van der Waals surface area contributed by atoms with Gasteiger partial charge in [-0.2, -0.15) is 5.10 Å². The first kappa shape index (κ1) is 17.2. The van der Waals surface area contributed by atoms with Crippen molar-refractivity contribution in [1.82, 2.24) is 20.4 Å². The van der Waals surface area contributed by atoms with Crippen molar-refractivity contribution in [1.29, 1.82) is 0 Å². The van der Waals surface area contributed by atoms with Crippen LogP contribution in [0.2, 0.25) is 0 Å². The highest BCUT2D eigenvalue weighted by atomic mass is 35.5. The lowest BCUT2D eigenvalue weighted by molar-refractivity contribution is -0.122. The maximum Gasteiger partial charge on any atom is 0.222 e. The number of piperidine rings is 1. The maximum atomic E-state index is 11.6. The van der Waals surface area contributed by atoms with Crippen molar-refractivity contribution in [2.24, 2.45) is 0 Å². The van der Waals surface area contributed by atoms with E-state index in [0.29, 0.717) is 19.0 Å². The van der Waals surface area contributed by atoms with Crippen LogP contribution in [0.3, 0.4) is 0 Å². The third kappa shape index (κ3) is 5.71. The van der Waals surface area contributed by atoms with Gasteiger partial charge in [0, 0.05) is 31.4 Å². The van der Waals surface area contributed by atoms with Gasteiger partial charge in [0.1, 0.15) is 0 Å². The smallest absolute Gasteiger partial charge is 0.222 e. The number of hydrogen-bond acceptors (Lipinski definition) is 3. The molecule has 1 aromatic heterocycles. The number of nitrogens with one attached hydrogen (secondary N) is 2. The summed E-state index contributed by atoms with van der Waals surface area (Å²) in [7, 11) is 0.